The third-order valence-electron chi connectivity index (χ3n) is 4.32. The summed E-state index contributed by atoms with van der Waals surface area (Å²) in [6, 6.07) is 10.3. The molecular weight excluding hydrogens is 300 g/mol. The molecule has 1 N–H and O–H groups in total. The summed E-state index contributed by atoms with van der Waals surface area (Å²) in [6.07, 6.45) is 2.30. The molecule has 3 rings (SSSR count). The fraction of sp³-hybridized carbons (Fsp3) is 0.421. The first kappa shape index (κ1) is 16.4. The number of aromatic nitrogens is 2. The van der Waals surface area contributed by atoms with E-state index in [-0.39, 0.29) is 5.91 Å². The summed E-state index contributed by atoms with van der Waals surface area (Å²) in [5.74, 6) is 0.875. The van der Waals surface area contributed by atoms with E-state index < -0.39 is 0 Å². The molecule has 5 heteroatoms. The first-order valence-electron chi connectivity index (χ1n) is 8.52. The van der Waals surface area contributed by atoms with Gasteiger partial charge in [-0.05, 0) is 43.9 Å². The van der Waals surface area contributed by atoms with Crippen LogP contribution in [-0.4, -0.2) is 33.9 Å². The second-order valence-corrected chi connectivity index (χ2v) is 6.34. The SMILES string of the molecule is Cc1cc(C)nc(NCCCC(=O)N2CCc3ccccc3C2)n1. The van der Waals surface area contributed by atoms with Gasteiger partial charge in [0.15, 0.2) is 0 Å². The molecule has 0 saturated carbocycles. The van der Waals surface area contributed by atoms with Crippen LogP contribution in [0.2, 0.25) is 0 Å². The number of fused-ring (bicyclic) bond motifs is 1. The lowest BCUT2D eigenvalue weighted by Crippen LogP contribution is -2.36. The third-order valence-corrected chi connectivity index (χ3v) is 4.32. The molecule has 0 aliphatic carbocycles. The van der Waals surface area contributed by atoms with Gasteiger partial charge in [-0.2, -0.15) is 0 Å². The van der Waals surface area contributed by atoms with Crippen LogP contribution in [0.1, 0.15) is 35.4 Å². The highest BCUT2D eigenvalue weighted by molar-refractivity contribution is 5.76. The zero-order valence-electron chi connectivity index (χ0n) is 14.4. The molecule has 0 fully saturated rings. The Labute approximate surface area is 143 Å². The van der Waals surface area contributed by atoms with Gasteiger partial charge in [0.25, 0.3) is 0 Å². The summed E-state index contributed by atoms with van der Waals surface area (Å²) in [5, 5.41) is 3.21. The van der Waals surface area contributed by atoms with Crippen molar-refractivity contribution in [1.29, 1.82) is 0 Å². The third kappa shape index (κ3) is 4.10. The second-order valence-electron chi connectivity index (χ2n) is 6.34. The van der Waals surface area contributed by atoms with Crippen LogP contribution >= 0.6 is 0 Å². The summed E-state index contributed by atoms with van der Waals surface area (Å²) < 4.78 is 0. The lowest BCUT2D eigenvalue weighted by molar-refractivity contribution is -0.132. The van der Waals surface area contributed by atoms with E-state index in [2.05, 4.69) is 33.5 Å². The number of amides is 1. The first-order chi connectivity index (χ1) is 11.6. The molecule has 0 spiro atoms. The van der Waals surface area contributed by atoms with Crippen molar-refractivity contribution in [2.75, 3.05) is 18.4 Å². The number of benzene rings is 1. The van der Waals surface area contributed by atoms with E-state index in [1.807, 2.05) is 30.9 Å². The standard InChI is InChI=1S/C19H24N4O/c1-14-12-15(2)22-19(21-14)20-10-5-8-18(24)23-11-9-16-6-3-4-7-17(16)13-23/h3-4,6-7,12H,5,8-11,13H2,1-2H3,(H,20,21,22). The molecule has 0 bridgehead atoms. The highest BCUT2D eigenvalue weighted by atomic mass is 16.2. The molecule has 0 atom stereocenters. The lowest BCUT2D eigenvalue weighted by atomic mass is 9.99. The van der Waals surface area contributed by atoms with E-state index in [1.165, 1.54) is 11.1 Å². The maximum absolute atomic E-state index is 12.4. The van der Waals surface area contributed by atoms with Crippen LogP contribution in [0.4, 0.5) is 5.95 Å². The van der Waals surface area contributed by atoms with Gasteiger partial charge in [-0.3, -0.25) is 4.79 Å². The number of carbonyl (C=O) groups excluding carboxylic acids is 1. The molecule has 1 amide bonds. The summed E-state index contributed by atoms with van der Waals surface area (Å²) in [4.78, 5) is 23.1. The quantitative estimate of drug-likeness (QED) is 0.859. The van der Waals surface area contributed by atoms with Crippen molar-refractivity contribution in [3.63, 3.8) is 0 Å². The minimum Gasteiger partial charge on any atom is -0.354 e. The monoisotopic (exact) mass is 324 g/mol. The predicted octanol–water partition coefficient (Wildman–Crippen LogP) is 2.87. The smallest absolute Gasteiger partial charge is 0.223 e. The van der Waals surface area contributed by atoms with Crippen LogP contribution in [0.25, 0.3) is 0 Å². The Balaban J connectivity index is 1.45. The van der Waals surface area contributed by atoms with Crippen molar-refractivity contribution >= 4 is 11.9 Å². The number of hydrogen-bond acceptors (Lipinski definition) is 4. The van der Waals surface area contributed by atoms with Gasteiger partial charge in [0.05, 0.1) is 0 Å². The van der Waals surface area contributed by atoms with Crippen LogP contribution in [0.5, 0.6) is 0 Å². The highest BCUT2D eigenvalue weighted by Gasteiger charge is 2.19. The molecule has 1 aliphatic heterocycles. The normalized spacial score (nSPS) is 13.5. The Morgan fingerprint density at radius 2 is 1.88 bits per heavy atom. The molecule has 126 valence electrons. The average molecular weight is 324 g/mol. The number of nitrogens with zero attached hydrogens (tertiary/aromatic N) is 3. The zero-order chi connectivity index (χ0) is 16.9. The van der Waals surface area contributed by atoms with Crippen LogP contribution in [-0.2, 0) is 17.8 Å². The molecule has 5 nitrogen and oxygen atoms in total. The van der Waals surface area contributed by atoms with Gasteiger partial charge in [0.2, 0.25) is 11.9 Å². The average Bonchev–Trinajstić information content (AvgIpc) is 2.57. The number of hydrogen-bond donors (Lipinski definition) is 1. The summed E-state index contributed by atoms with van der Waals surface area (Å²) in [7, 11) is 0. The van der Waals surface area contributed by atoms with E-state index in [0.29, 0.717) is 18.9 Å². The van der Waals surface area contributed by atoms with Gasteiger partial charge >= 0.3 is 0 Å². The van der Waals surface area contributed by atoms with Gasteiger partial charge in [0, 0.05) is 37.4 Å². The second kappa shape index (κ2) is 7.43. The van der Waals surface area contributed by atoms with Gasteiger partial charge in [-0.25, -0.2) is 9.97 Å². The van der Waals surface area contributed by atoms with Crippen molar-refractivity contribution in [2.24, 2.45) is 0 Å². The Kier molecular flexibility index (Phi) is 5.08. The van der Waals surface area contributed by atoms with Crippen molar-refractivity contribution in [3.05, 3.63) is 52.8 Å². The molecule has 2 aromatic rings. The van der Waals surface area contributed by atoms with E-state index in [0.717, 1.165) is 37.3 Å². The number of rotatable bonds is 5. The van der Waals surface area contributed by atoms with E-state index in [1.54, 1.807) is 0 Å². The zero-order valence-corrected chi connectivity index (χ0v) is 14.4. The summed E-state index contributed by atoms with van der Waals surface area (Å²) in [6.45, 7) is 6.18. The Hall–Kier alpha value is -2.43. The van der Waals surface area contributed by atoms with Crippen molar-refractivity contribution in [2.45, 2.75) is 39.7 Å². The minimum atomic E-state index is 0.229. The number of nitrogens with one attached hydrogen (secondary N) is 1. The van der Waals surface area contributed by atoms with Crippen molar-refractivity contribution in [1.82, 2.24) is 14.9 Å². The van der Waals surface area contributed by atoms with Crippen molar-refractivity contribution < 1.29 is 4.79 Å². The molecule has 24 heavy (non-hydrogen) atoms. The van der Waals surface area contributed by atoms with E-state index >= 15 is 0 Å². The van der Waals surface area contributed by atoms with Gasteiger partial charge in [-0.15, -0.1) is 0 Å². The molecule has 0 radical (unpaired) electrons. The Morgan fingerprint density at radius 3 is 2.62 bits per heavy atom. The molecule has 1 aromatic heterocycles. The minimum absolute atomic E-state index is 0.229. The molecule has 1 aliphatic rings. The van der Waals surface area contributed by atoms with Crippen LogP contribution in [0.15, 0.2) is 30.3 Å². The fourth-order valence-corrected chi connectivity index (χ4v) is 3.11. The Morgan fingerprint density at radius 1 is 1.17 bits per heavy atom. The topological polar surface area (TPSA) is 58.1 Å². The van der Waals surface area contributed by atoms with E-state index in [4.69, 9.17) is 0 Å². The first-order valence-corrected chi connectivity index (χ1v) is 8.52. The van der Waals surface area contributed by atoms with Crippen LogP contribution < -0.4 is 5.32 Å². The van der Waals surface area contributed by atoms with E-state index in [9.17, 15) is 4.79 Å². The van der Waals surface area contributed by atoms with Crippen LogP contribution in [0.3, 0.4) is 0 Å². The van der Waals surface area contributed by atoms with Crippen LogP contribution in [0, 0.1) is 13.8 Å². The number of carbonyl (C=O) groups is 1. The summed E-state index contributed by atoms with van der Waals surface area (Å²) >= 11 is 0. The fourth-order valence-electron chi connectivity index (χ4n) is 3.11. The van der Waals surface area contributed by atoms with Gasteiger partial charge in [0.1, 0.15) is 0 Å². The number of aryl methyl sites for hydroxylation is 2. The van der Waals surface area contributed by atoms with Gasteiger partial charge < -0.3 is 10.2 Å². The predicted molar refractivity (Wildman–Crippen MR) is 94.8 cm³/mol. The van der Waals surface area contributed by atoms with Gasteiger partial charge in [-0.1, -0.05) is 24.3 Å². The number of anilines is 1. The van der Waals surface area contributed by atoms with Crippen molar-refractivity contribution in [3.8, 4) is 0 Å². The largest absolute Gasteiger partial charge is 0.354 e. The maximum atomic E-state index is 12.4. The maximum Gasteiger partial charge on any atom is 0.223 e. The molecule has 0 saturated heterocycles. The Bertz CT molecular complexity index is 709. The molecule has 1 aromatic carbocycles. The lowest BCUT2D eigenvalue weighted by Gasteiger charge is -2.29. The molecule has 0 unspecified atom stereocenters. The molecular formula is C19H24N4O. The highest BCUT2D eigenvalue weighted by Crippen LogP contribution is 2.19. The summed E-state index contributed by atoms with van der Waals surface area (Å²) in [5.41, 5.74) is 4.55. The molecule has 2 heterocycles.